The van der Waals surface area contributed by atoms with Gasteiger partial charge < -0.3 is 44.7 Å². The van der Waals surface area contributed by atoms with E-state index in [2.05, 4.69) is 188 Å². The van der Waals surface area contributed by atoms with Crippen LogP contribution in [-0.4, -0.2) is 103 Å². The highest BCUT2D eigenvalue weighted by Crippen LogP contribution is 2.38. The van der Waals surface area contributed by atoms with Gasteiger partial charge in [0, 0.05) is 25.9 Å². The molecule has 0 aromatic heterocycles. The molecule has 0 fully saturated rings. The summed E-state index contributed by atoms with van der Waals surface area (Å²) in [4.78, 5) is 53.5. The van der Waals surface area contributed by atoms with Gasteiger partial charge in [-0.2, -0.15) is 0 Å². The molecule has 0 saturated heterocycles. The van der Waals surface area contributed by atoms with Crippen molar-refractivity contribution >= 4 is 61.0 Å². The largest absolute Gasteiger partial charge is 0.497 e. The summed E-state index contributed by atoms with van der Waals surface area (Å²) in [6.07, 6.45) is 40.4. The van der Waals surface area contributed by atoms with E-state index in [9.17, 15) is 24.3 Å². The highest BCUT2D eigenvalue weighted by Gasteiger charge is 2.52. The molecule has 0 aliphatic rings. The van der Waals surface area contributed by atoms with Crippen LogP contribution in [0, 0.1) is 0 Å². The summed E-state index contributed by atoms with van der Waals surface area (Å²) in [6.45, 7) is 24.0. The van der Waals surface area contributed by atoms with Gasteiger partial charge in [0.25, 0.3) is 16.6 Å². The molecule has 0 aliphatic carbocycles. The smallest absolute Gasteiger partial charge is 0.261 e. The number of aliphatic hydroxyl groups is 1. The van der Waals surface area contributed by atoms with Crippen molar-refractivity contribution in [2.45, 2.75) is 354 Å². The van der Waals surface area contributed by atoms with Gasteiger partial charge in [0.1, 0.15) is 5.75 Å². The number of hydrogen-bond acceptors (Lipinski definition) is 9. The minimum Gasteiger partial charge on any atom is -0.497 e. The number of hydrogen-bond donors (Lipinski definition) is 5. The van der Waals surface area contributed by atoms with Crippen LogP contribution in [0.15, 0.2) is 146 Å². The molecule has 5 rings (SSSR count). The standard InChI is InChI=1S/C51H80N2O5Si.C43H72N2O4Si/c1-7-9-11-13-14-15-16-17-18-20-28-34-49(54)53-44(42-58-59(51(3,4)5,47-30-24-21-25-31-47)48-32-26-22-27-33-48)40-52-50(55)39-46(29-23-19-12-10-8-2)57-41-43-35-37-45(56-6)38-36-43;1-6-8-10-12-13-14-15-16-17-19-27-33-41(47)45-37(35-44-42(48)34-38(46)28-22-18-11-9-7-2)36-49-50(43(3,4)5,39-29-23-20-24-30-39)40-31-25-21-26-32-40/h21-22,24-27,30-33,35-38,44,46H,7-20,23,28-29,34,39-42H2,1-6H3,(H,52,55)(H,53,54);20-21,23-26,29-32,37-38,46H,6-19,22,27-28,33-36H2,1-5H3,(H,44,48)(H,45,47)/t44-,46-;37-,38-/m11/s1. The van der Waals surface area contributed by atoms with Crippen LogP contribution < -0.4 is 46.8 Å². The fourth-order valence-corrected chi connectivity index (χ4v) is 24.3. The zero-order valence-electron chi connectivity index (χ0n) is 70.3. The molecule has 5 aromatic carbocycles. The highest BCUT2D eigenvalue weighted by molar-refractivity contribution is 7.00. The summed E-state index contributed by atoms with van der Waals surface area (Å²) >= 11 is 0. The molecule has 0 heterocycles. The first kappa shape index (κ1) is 95.4. The average molecular weight is 1540 g/mol. The summed E-state index contributed by atoms with van der Waals surface area (Å²) in [5.41, 5.74) is 1.04. The Morgan fingerprint density at radius 3 is 1.00 bits per heavy atom. The third kappa shape index (κ3) is 38.4. The second-order valence-electron chi connectivity index (χ2n) is 32.9. The summed E-state index contributed by atoms with van der Waals surface area (Å²) in [5.74, 6) is 0.548. The van der Waals surface area contributed by atoms with E-state index in [-0.39, 0.29) is 79.0 Å². The molecule has 0 radical (unpaired) electrons. The third-order valence-corrected chi connectivity index (χ3v) is 31.4. The average Bonchev–Trinajstić information content (AvgIpc) is 0.755. The van der Waals surface area contributed by atoms with Crippen molar-refractivity contribution in [1.82, 2.24) is 21.3 Å². The lowest BCUT2D eigenvalue weighted by atomic mass is 10.1. The Kier molecular flexibility index (Phi) is 50.0. The summed E-state index contributed by atoms with van der Waals surface area (Å²) in [7, 11) is -4.04. The van der Waals surface area contributed by atoms with Crippen molar-refractivity contribution in [2.75, 3.05) is 33.4 Å². The van der Waals surface area contributed by atoms with Crippen LogP contribution in [-0.2, 0) is 39.4 Å². The lowest BCUT2D eigenvalue weighted by Crippen LogP contribution is -2.67. The Morgan fingerprint density at radius 1 is 0.376 bits per heavy atom. The Labute approximate surface area is 665 Å². The second-order valence-corrected chi connectivity index (χ2v) is 41.5. The Bertz CT molecular complexity index is 3020. The van der Waals surface area contributed by atoms with Gasteiger partial charge in [-0.1, -0.05) is 395 Å². The van der Waals surface area contributed by atoms with E-state index in [4.69, 9.17) is 18.3 Å². The summed E-state index contributed by atoms with van der Waals surface area (Å²) < 4.78 is 26.2. The van der Waals surface area contributed by atoms with E-state index < -0.39 is 34.8 Å². The predicted molar refractivity (Wildman–Crippen MR) is 463 cm³/mol. The molecule has 4 atom stereocenters. The van der Waals surface area contributed by atoms with Crippen LogP contribution in [0.5, 0.6) is 5.75 Å². The van der Waals surface area contributed by atoms with Crippen LogP contribution in [0.2, 0.25) is 10.1 Å². The maximum atomic E-state index is 13.7. The minimum absolute atomic E-state index is 0.00154. The van der Waals surface area contributed by atoms with Gasteiger partial charge >= 0.3 is 0 Å². The summed E-state index contributed by atoms with van der Waals surface area (Å²) in [5, 5.41) is 27.6. The number of benzene rings is 5. The molecule has 5 aromatic rings. The van der Waals surface area contributed by atoms with Crippen LogP contribution in [0.1, 0.15) is 319 Å². The number of rotatable bonds is 60. The van der Waals surface area contributed by atoms with E-state index in [1.807, 2.05) is 48.5 Å². The number of methoxy groups -OCH3 is 1. The number of unbranched alkanes of at least 4 members (excludes halogenated alkanes) is 28. The lowest BCUT2D eigenvalue weighted by Gasteiger charge is -2.43. The molecule has 0 aliphatic heterocycles. The van der Waals surface area contributed by atoms with Gasteiger partial charge in [-0.3, -0.25) is 19.2 Å². The van der Waals surface area contributed by atoms with E-state index in [1.165, 1.54) is 175 Å². The minimum atomic E-state index is -2.87. The summed E-state index contributed by atoms with van der Waals surface area (Å²) in [6, 6.07) is 49.2. The van der Waals surface area contributed by atoms with Crippen molar-refractivity contribution in [3.05, 3.63) is 151 Å². The van der Waals surface area contributed by atoms with Crippen molar-refractivity contribution < 1.29 is 42.6 Å². The second kappa shape index (κ2) is 57.1. The van der Waals surface area contributed by atoms with E-state index in [0.29, 0.717) is 25.9 Å². The molecular weight excluding hydrogens is 1390 g/mol. The quantitative estimate of drug-likeness (QED) is 0.0188. The first-order valence-corrected chi connectivity index (χ1v) is 47.1. The number of ether oxygens (including phenoxy) is 2. The fourth-order valence-electron chi connectivity index (χ4n) is 15.1. The Morgan fingerprint density at radius 2 is 0.679 bits per heavy atom. The molecule has 610 valence electrons. The highest BCUT2D eigenvalue weighted by atomic mass is 28.4. The molecular formula is C94H152N4O9Si2. The number of carbonyl (C=O) groups excluding carboxylic acids is 4. The number of nitrogens with one attached hydrogen (secondary N) is 4. The lowest BCUT2D eigenvalue weighted by molar-refractivity contribution is -0.126. The first-order chi connectivity index (χ1) is 52.8. The van der Waals surface area contributed by atoms with Crippen LogP contribution in [0.3, 0.4) is 0 Å². The molecule has 4 amide bonds. The van der Waals surface area contributed by atoms with Crippen LogP contribution >= 0.6 is 0 Å². The van der Waals surface area contributed by atoms with Gasteiger partial charge in [-0.25, -0.2) is 0 Å². The van der Waals surface area contributed by atoms with Crippen LogP contribution in [0.25, 0.3) is 0 Å². The molecule has 5 N–H and O–H groups in total. The Hall–Kier alpha value is -5.95. The maximum Gasteiger partial charge on any atom is 0.261 e. The first-order valence-electron chi connectivity index (χ1n) is 43.3. The predicted octanol–water partition coefficient (Wildman–Crippen LogP) is 20.2. The normalized spacial score (nSPS) is 13.0. The molecule has 13 nitrogen and oxygen atoms in total. The fraction of sp³-hybridized carbons (Fsp3) is 0.638. The molecule has 0 unspecified atom stereocenters. The monoisotopic (exact) mass is 1540 g/mol. The maximum absolute atomic E-state index is 13.7. The van der Waals surface area contributed by atoms with Crippen molar-refractivity contribution in [2.24, 2.45) is 0 Å². The van der Waals surface area contributed by atoms with E-state index in [0.717, 1.165) is 69.1 Å². The zero-order chi connectivity index (χ0) is 79.1. The van der Waals surface area contributed by atoms with Gasteiger partial charge in [0.2, 0.25) is 23.6 Å². The molecule has 0 spiro atoms. The van der Waals surface area contributed by atoms with Gasteiger partial charge in [0.15, 0.2) is 0 Å². The van der Waals surface area contributed by atoms with Crippen molar-refractivity contribution in [3.8, 4) is 5.75 Å². The van der Waals surface area contributed by atoms with Gasteiger partial charge in [0.05, 0.1) is 64.1 Å². The van der Waals surface area contributed by atoms with E-state index >= 15 is 0 Å². The van der Waals surface area contributed by atoms with Crippen LogP contribution in [0.4, 0.5) is 0 Å². The molecule has 15 heteroatoms. The van der Waals surface area contributed by atoms with Crippen molar-refractivity contribution in [3.63, 3.8) is 0 Å². The van der Waals surface area contributed by atoms with E-state index in [1.54, 1.807) is 7.11 Å². The molecule has 109 heavy (non-hydrogen) atoms. The topological polar surface area (TPSA) is 174 Å². The molecule has 0 saturated carbocycles. The SMILES string of the molecule is CCCCCCCCCCCCCC(=O)N[C@H](CNC(=O)C[C@@H](CCCCCCC)OCc1ccc(OC)cc1)CO[Si](c1ccccc1)(c1ccccc1)C(C)(C)C.CCCCCCCCCCCCCC(=O)N[C@H](CNC(=O)C[C@H](O)CCCCCCC)CO[Si](c1ccccc1)(c1ccccc1)C(C)(C)C. The number of amides is 4. The van der Waals surface area contributed by atoms with Gasteiger partial charge in [-0.15, -0.1) is 0 Å². The molecule has 0 bridgehead atoms. The Balaban J connectivity index is 0.000000467. The van der Waals surface area contributed by atoms with Crippen molar-refractivity contribution in [1.29, 1.82) is 0 Å². The van der Waals surface area contributed by atoms with Gasteiger partial charge in [-0.05, 0) is 74.2 Å². The number of carbonyl (C=O) groups is 4. The third-order valence-electron chi connectivity index (χ3n) is 21.4. The number of aliphatic hydroxyl groups excluding tert-OH is 1. The zero-order valence-corrected chi connectivity index (χ0v) is 72.3.